The van der Waals surface area contributed by atoms with E-state index in [1.807, 2.05) is 0 Å². The largest absolute Gasteiger partial charge is 0.364 e. The van der Waals surface area contributed by atoms with Gasteiger partial charge >= 0.3 is 6.03 Å². The van der Waals surface area contributed by atoms with E-state index in [0.717, 1.165) is 0 Å². The van der Waals surface area contributed by atoms with Crippen LogP contribution in [0.2, 0.25) is 0 Å². The number of aromatic nitrogens is 1. The summed E-state index contributed by atoms with van der Waals surface area (Å²) in [7, 11) is 0. The summed E-state index contributed by atoms with van der Waals surface area (Å²) in [5.74, 6) is -0.678. The minimum absolute atomic E-state index is 0.0451. The maximum atomic E-state index is 11.2. The quantitative estimate of drug-likeness (QED) is 0.667. The van der Waals surface area contributed by atoms with Crippen LogP contribution < -0.4 is 16.4 Å². The SMILES string of the molecule is CCNC(=O)Nc1cccnc1C(N)=O. The number of pyridine rings is 1. The third kappa shape index (κ3) is 2.94. The molecule has 0 bridgehead atoms. The maximum Gasteiger partial charge on any atom is 0.319 e. The van der Waals surface area contributed by atoms with Gasteiger partial charge in [-0.3, -0.25) is 4.79 Å². The topological polar surface area (TPSA) is 97.1 Å². The van der Waals surface area contributed by atoms with Crippen LogP contribution in [0, 0.1) is 0 Å². The van der Waals surface area contributed by atoms with Crippen molar-refractivity contribution < 1.29 is 9.59 Å². The van der Waals surface area contributed by atoms with Crippen molar-refractivity contribution in [1.82, 2.24) is 10.3 Å². The van der Waals surface area contributed by atoms with Gasteiger partial charge in [0.2, 0.25) is 0 Å². The summed E-state index contributed by atoms with van der Waals surface area (Å²) in [6.07, 6.45) is 1.43. The van der Waals surface area contributed by atoms with Gasteiger partial charge in [-0.2, -0.15) is 0 Å². The number of anilines is 1. The van der Waals surface area contributed by atoms with Crippen molar-refractivity contribution in [2.75, 3.05) is 11.9 Å². The fourth-order valence-electron chi connectivity index (χ4n) is 1.03. The van der Waals surface area contributed by atoms with Gasteiger partial charge in [-0.1, -0.05) is 0 Å². The second-order valence-corrected chi connectivity index (χ2v) is 2.75. The molecule has 1 rings (SSSR count). The minimum atomic E-state index is -0.678. The van der Waals surface area contributed by atoms with Gasteiger partial charge in [0.15, 0.2) is 5.69 Å². The molecule has 6 heteroatoms. The highest BCUT2D eigenvalue weighted by Gasteiger charge is 2.10. The lowest BCUT2D eigenvalue weighted by Crippen LogP contribution is -2.29. The summed E-state index contributed by atoms with van der Waals surface area (Å²) in [5.41, 5.74) is 5.44. The van der Waals surface area contributed by atoms with E-state index in [9.17, 15) is 9.59 Å². The first-order valence-electron chi connectivity index (χ1n) is 4.44. The number of rotatable bonds is 3. The Morgan fingerprint density at radius 2 is 2.27 bits per heavy atom. The van der Waals surface area contributed by atoms with Gasteiger partial charge in [0.25, 0.3) is 5.91 Å². The Morgan fingerprint density at radius 1 is 1.53 bits per heavy atom. The van der Waals surface area contributed by atoms with Gasteiger partial charge in [0.05, 0.1) is 5.69 Å². The highest BCUT2D eigenvalue weighted by molar-refractivity contribution is 6.00. The molecule has 15 heavy (non-hydrogen) atoms. The molecule has 0 aliphatic carbocycles. The number of carbonyl (C=O) groups is 2. The Morgan fingerprint density at radius 3 is 2.87 bits per heavy atom. The van der Waals surface area contributed by atoms with Crippen LogP contribution in [0.15, 0.2) is 18.3 Å². The molecule has 3 amide bonds. The van der Waals surface area contributed by atoms with Gasteiger partial charge < -0.3 is 16.4 Å². The third-order valence-corrected chi connectivity index (χ3v) is 1.63. The first kappa shape index (κ1) is 11.0. The average Bonchev–Trinajstić information content (AvgIpc) is 2.18. The van der Waals surface area contributed by atoms with Crippen molar-refractivity contribution in [1.29, 1.82) is 0 Å². The molecular weight excluding hydrogens is 196 g/mol. The molecule has 80 valence electrons. The predicted octanol–water partition coefficient (Wildman–Crippen LogP) is 0.322. The molecule has 0 aliphatic heterocycles. The molecule has 0 atom stereocenters. The molecule has 0 saturated heterocycles. The Kier molecular flexibility index (Phi) is 3.61. The number of nitrogens with one attached hydrogen (secondary N) is 2. The minimum Gasteiger partial charge on any atom is -0.364 e. The van der Waals surface area contributed by atoms with Crippen LogP contribution in [0.4, 0.5) is 10.5 Å². The number of amides is 3. The lowest BCUT2D eigenvalue weighted by atomic mass is 10.3. The van der Waals surface area contributed by atoms with Gasteiger partial charge in [0, 0.05) is 12.7 Å². The van der Waals surface area contributed by atoms with Crippen molar-refractivity contribution in [2.24, 2.45) is 5.73 Å². The molecule has 0 unspecified atom stereocenters. The van der Waals surface area contributed by atoms with Crippen molar-refractivity contribution in [3.63, 3.8) is 0 Å². The van der Waals surface area contributed by atoms with Crippen LogP contribution in [0.5, 0.6) is 0 Å². The zero-order chi connectivity index (χ0) is 11.3. The molecule has 4 N–H and O–H groups in total. The summed E-state index contributed by atoms with van der Waals surface area (Å²) in [6.45, 7) is 2.29. The van der Waals surface area contributed by atoms with Crippen molar-refractivity contribution in [3.05, 3.63) is 24.0 Å². The highest BCUT2D eigenvalue weighted by atomic mass is 16.2. The van der Waals surface area contributed by atoms with E-state index < -0.39 is 11.9 Å². The second kappa shape index (κ2) is 4.94. The standard InChI is InChI=1S/C9H12N4O2/c1-2-11-9(15)13-6-4-3-5-12-7(6)8(10)14/h3-5H,2H2,1H3,(H2,10,14)(H2,11,13,15). The number of nitrogens with zero attached hydrogens (tertiary/aromatic N) is 1. The summed E-state index contributed by atoms with van der Waals surface area (Å²) in [6, 6.07) is 2.77. The van der Waals surface area contributed by atoms with E-state index in [1.54, 1.807) is 19.1 Å². The van der Waals surface area contributed by atoms with Gasteiger partial charge in [0.1, 0.15) is 0 Å². The second-order valence-electron chi connectivity index (χ2n) is 2.75. The Hall–Kier alpha value is -2.11. The first-order chi connectivity index (χ1) is 7.15. The van der Waals surface area contributed by atoms with Crippen LogP contribution in [0.3, 0.4) is 0 Å². The number of nitrogens with two attached hydrogens (primary N) is 1. The Balaban J connectivity index is 2.84. The van der Waals surface area contributed by atoms with E-state index in [1.165, 1.54) is 6.20 Å². The zero-order valence-corrected chi connectivity index (χ0v) is 8.28. The Labute approximate surface area is 86.9 Å². The van der Waals surface area contributed by atoms with Crippen LogP contribution >= 0.6 is 0 Å². The van der Waals surface area contributed by atoms with E-state index in [-0.39, 0.29) is 5.69 Å². The normalized spacial score (nSPS) is 9.40. The number of urea groups is 1. The molecule has 0 saturated carbocycles. The van der Waals surface area contributed by atoms with Crippen molar-refractivity contribution in [3.8, 4) is 0 Å². The summed E-state index contributed by atoms with van der Waals surface area (Å²) in [4.78, 5) is 25.9. The van der Waals surface area contributed by atoms with Crippen LogP contribution in [0.25, 0.3) is 0 Å². The average molecular weight is 208 g/mol. The van der Waals surface area contributed by atoms with Crippen LogP contribution in [0.1, 0.15) is 17.4 Å². The van der Waals surface area contributed by atoms with Gasteiger partial charge in [-0.05, 0) is 19.1 Å². The van der Waals surface area contributed by atoms with Crippen LogP contribution in [-0.4, -0.2) is 23.5 Å². The van der Waals surface area contributed by atoms with Gasteiger partial charge in [-0.25, -0.2) is 9.78 Å². The van der Waals surface area contributed by atoms with Crippen molar-refractivity contribution in [2.45, 2.75) is 6.92 Å². The lowest BCUT2D eigenvalue weighted by molar-refractivity contribution is 0.0996. The number of carbonyl (C=O) groups excluding carboxylic acids is 2. The fraction of sp³-hybridized carbons (Fsp3) is 0.222. The molecule has 0 fully saturated rings. The zero-order valence-electron chi connectivity index (χ0n) is 8.28. The third-order valence-electron chi connectivity index (χ3n) is 1.63. The number of hydrogen-bond acceptors (Lipinski definition) is 3. The summed E-state index contributed by atoms with van der Waals surface area (Å²) in [5, 5.41) is 5.01. The molecule has 0 radical (unpaired) electrons. The summed E-state index contributed by atoms with van der Waals surface area (Å²) >= 11 is 0. The van der Waals surface area contributed by atoms with Crippen molar-refractivity contribution >= 4 is 17.6 Å². The van der Waals surface area contributed by atoms with E-state index >= 15 is 0 Å². The monoisotopic (exact) mass is 208 g/mol. The predicted molar refractivity (Wildman–Crippen MR) is 55.5 cm³/mol. The lowest BCUT2D eigenvalue weighted by Gasteiger charge is -2.07. The van der Waals surface area contributed by atoms with E-state index in [0.29, 0.717) is 12.2 Å². The first-order valence-corrected chi connectivity index (χ1v) is 4.44. The Bertz CT molecular complexity index is 378. The maximum absolute atomic E-state index is 11.2. The molecule has 0 aliphatic rings. The van der Waals surface area contributed by atoms with Gasteiger partial charge in [-0.15, -0.1) is 0 Å². The highest BCUT2D eigenvalue weighted by Crippen LogP contribution is 2.10. The summed E-state index contributed by atoms with van der Waals surface area (Å²) < 4.78 is 0. The number of primary amides is 1. The number of hydrogen-bond donors (Lipinski definition) is 3. The fourth-order valence-corrected chi connectivity index (χ4v) is 1.03. The molecule has 1 heterocycles. The molecular formula is C9H12N4O2. The molecule has 0 spiro atoms. The smallest absolute Gasteiger partial charge is 0.319 e. The van der Waals surface area contributed by atoms with Crippen LogP contribution in [-0.2, 0) is 0 Å². The van der Waals surface area contributed by atoms with E-state index in [2.05, 4.69) is 15.6 Å². The van der Waals surface area contributed by atoms with E-state index in [4.69, 9.17) is 5.73 Å². The molecule has 1 aromatic heterocycles. The molecule has 1 aromatic rings. The molecule has 6 nitrogen and oxygen atoms in total. The molecule has 0 aromatic carbocycles.